The van der Waals surface area contributed by atoms with Gasteiger partial charge in [0.2, 0.25) is 0 Å². The molecule has 0 amide bonds. The molecule has 0 radical (unpaired) electrons. The van der Waals surface area contributed by atoms with Gasteiger partial charge in [-0.15, -0.1) is 0 Å². The fourth-order valence-electron chi connectivity index (χ4n) is 6.38. The molecule has 0 bridgehead atoms. The van der Waals surface area contributed by atoms with Crippen molar-refractivity contribution in [1.29, 1.82) is 0 Å². The molecular formula is C39H82NO5+. The third-order valence-electron chi connectivity index (χ3n) is 9.82. The molecule has 0 aliphatic heterocycles. The molecule has 0 fully saturated rings. The first-order valence-corrected chi connectivity index (χ1v) is 19.9. The summed E-state index contributed by atoms with van der Waals surface area (Å²) in [4.78, 5) is 0. The van der Waals surface area contributed by atoms with Crippen LogP contribution in [0.15, 0.2) is 0 Å². The Hall–Kier alpha value is -0.240. The van der Waals surface area contributed by atoms with Crippen molar-refractivity contribution < 1.29 is 29.3 Å². The average molecular weight is 645 g/mol. The van der Waals surface area contributed by atoms with Gasteiger partial charge >= 0.3 is 0 Å². The van der Waals surface area contributed by atoms with Crippen LogP contribution in [0.5, 0.6) is 0 Å². The Morgan fingerprint density at radius 1 is 0.444 bits per heavy atom. The predicted octanol–water partition coefficient (Wildman–Crippen LogP) is 9.36. The number of ether oxygens (including phenoxy) is 2. The van der Waals surface area contributed by atoms with E-state index in [0.29, 0.717) is 24.2 Å². The molecule has 0 aliphatic carbocycles. The molecule has 0 spiro atoms. The van der Waals surface area contributed by atoms with Crippen molar-refractivity contribution in [3.05, 3.63) is 0 Å². The van der Waals surface area contributed by atoms with Gasteiger partial charge < -0.3 is 29.3 Å². The fourth-order valence-corrected chi connectivity index (χ4v) is 6.38. The monoisotopic (exact) mass is 645 g/mol. The first-order chi connectivity index (χ1) is 21.9. The number of nitrogens with zero attached hydrogens (tertiary/aromatic N) is 1. The van der Waals surface area contributed by atoms with Crippen molar-refractivity contribution in [3.63, 3.8) is 0 Å². The van der Waals surface area contributed by atoms with Crippen molar-refractivity contribution in [2.75, 3.05) is 46.5 Å². The van der Waals surface area contributed by atoms with E-state index in [1.54, 1.807) is 0 Å². The van der Waals surface area contributed by atoms with Gasteiger partial charge in [-0.2, -0.15) is 0 Å². The molecule has 0 aromatic rings. The quantitative estimate of drug-likeness (QED) is 0.0468. The maximum atomic E-state index is 11.1. The van der Waals surface area contributed by atoms with E-state index in [1.165, 1.54) is 103 Å². The second-order valence-corrected chi connectivity index (χ2v) is 14.3. The number of hydrogen-bond acceptors (Lipinski definition) is 5. The molecule has 4 unspecified atom stereocenters. The lowest BCUT2D eigenvalue weighted by molar-refractivity contribution is -0.910. The van der Waals surface area contributed by atoms with Crippen LogP contribution in [-0.2, 0) is 9.47 Å². The lowest BCUT2D eigenvalue weighted by atomic mass is 9.99. The average Bonchev–Trinajstić information content (AvgIpc) is 3.02. The number of likely N-dealkylation sites (N-methyl/N-ethyl adjacent to an activating group) is 1. The standard InChI is InChI=1S/C39H82NO5/c1-6-10-14-18-20-22-26-36(42)38(28-24-16-12-8-3)44-34-31-40(5,30-33-41)32-35-45-39(29-25-17-13-9-4)37(43)27-23-21-19-15-11-7-2/h36-39,41-43H,6-35H2,1-5H3/q+1. The Bertz CT molecular complexity index is 548. The van der Waals surface area contributed by atoms with Gasteiger partial charge in [0, 0.05) is 0 Å². The molecule has 0 aromatic heterocycles. The van der Waals surface area contributed by atoms with Crippen LogP contribution in [0.1, 0.15) is 182 Å². The zero-order valence-corrected chi connectivity index (χ0v) is 31.1. The van der Waals surface area contributed by atoms with Crippen molar-refractivity contribution in [1.82, 2.24) is 0 Å². The minimum absolute atomic E-state index is 0.110. The third-order valence-corrected chi connectivity index (χ3v) is 9.82. The third kappa shape index (κ3) is 26.4. The Kier molecular flexibility index (Phi) is 32.1. The van der Waals surface area contributed by atoms with Crippen molar-refractivity contribution in [2.24, 2.45) is 0 Å². The van der Waals surface area contributed by atoms with Crippen LogP contribution in [-0.4, -0.2) is 90.7 Å². The van der Waals surface area contributed by atoms with Crippen LogP contribution < -0.4 is 0 Å². The maximum absolute atomic E-state index is 11.1. The van der Waals surface area contributed by atoms with Crippen LogP contribution >= 0.6 is 0 Å². The fraction of sp³-hybridized carbons (Fsp3) is 1.00. The molecule has 0 aromatic carbocycles. The highest BCUT2D eigenvalue weighted by Crippen LogP contribution is 2.20. The van der Waals surface area contributed by atoms with E-state index >= 15 is 0 Å². The molecule has 3 N–H and O–H groups in total. The van der Waals surface area contributed by atoms with E-state index in [1.807, 2.05) is 0 Å². The molecule has 0 saturated carbocycles. The minimum atomic E-state index is -0.403. The number of aliphatic hydroxyl groups excluding tert-OH is 3. The highest BCUT2D eigenvalue weighted by molar-refractivity contribution is 4.71. The van der Waals surface area contributed by atoms with Gasteiger partial charge in [-0.05, 0) is 25.7 Å². The van der Waals surface area contributed by atoms with E-state index in [9.17, 15) is 15.3 Å². The zero-order valence-electron chi connectivity index (χ0n) is 31.1. The molecule has 0 rings (SSSR count). The number of aliphatic hydroxyl groups is 3. The largest absolute Gasteiger partial charge is 0.391 e. The summed E-state index contributed by atoms with van der Waals surface area (Å²) in [5, 5.41) is 32.0. The second kappa shape index (κ2) is 32.3. The van der Waals surface area contributed by atoms with Crippen LogP contribution in [0, 0.1) is 0 Å². The van der Waals surface area contributed by atoms with Crippen LogP contribution in [0.3, 0.4) is 0 Å². The first kappa shape index (κ1) is 44.8. The maximum Gasteiger partial charge on any atom is 0.102 e. The Labute approximate surface area is 281 Å². The summed E-state index contributed by atoms with van der Waals surface area (Å²) in [6.45, 7) is 12.4. The molecule has 0 heterocycles. The van der Waals surface area contributed by atoms with Crippen molar-refractivity contribution in [3.8, 4) is 0 Å². The van der Waals surface area contributed by atoms with Gasteiger partial charge in [-0.3, -0.25) is 0 Å². The molecule has 6 nitrogen and oxygen atoms in total. The zero-order chi connectivity index (χ0) is 33.4. The van der Waals surface area contributed by atoms with Crippen LogP contribution in [0.4, 0.5) is 0 Å². The number of quaternary nitrogens is 1. The first-order valence-electron chi connectivity index (χ1n) is 19.9. The topological polar surface area (TPSA) is 79.2 Å². The molecule has 0 aliphatic rings. The van der Waals surface area contributed by atoms with E-state index in [0.717, 1.165) is 64.5 Å². The normalized spacial score (nSPS) is 16.0. The highest BCUT2D eigenvalue weighted by Gasteiger charge is 2.26. The van der Waals surface area contributed by atoms with Gasteiger partial charge in [-0.25, -0.2) is 0 Å². The van der Waals surface area contributed by atoms with E-state index in [2.05, 4.69) is 34.7 Å². The van der Waals surface area contributed by atoms with Gasteiger partial charge in [0.1, 0.15) is 19.6 Å². The van der Waals surface area contributed by atoms with Gasteiger partial charge in [0.25, 0.3) is 0 Å². The van der Waals surface area contributed by atoms with Gasteiger partial charge in [0.15, 0.2) is 0 Å². The summed E-state index contributed by atoms with van der Waals surface area (Å²) in [5.41, 5.74) is 0. The predicted molar refractivity (Wildman–Crippen MR) is 193 cm³/mol. The molecule has 45 heavy (non-hydrogen) atoms. The summed E-state index contributed by atoms with van der Waals surface area (Å²) in [6.07, 6.45) is 26.7. The van der Waals surface area contributed by atoms with Crippen molar-refractivity contribution >= 4 is 0 Å². The molecule has 272 valence electrons. The SMILES string of the molecule is CCCCCCCCC(O)C(CCCCCC)OCC[N+](C)(CCO)CCOC(CCCCCC)C(O)CCCCCCCC. The van der Waals surface area contributed by atoms with Crippen LogP contribution in [0.2, 0.25) is 0 Å². The van der Waals surface area contributed by atoms with Crippen LogP contribution in [0.25, 0.3) is 0 Å². The lowest BCUT2D eigenvalue weighted by Crippen LogP contribution is -2.51. The molecular weight excluding hydrogens is 562 g/mol. The van der Waals surface area contributed by atoms with E-state index in [4.69, 9.17) is 9.47 Å². The Balaban J connectivity index is 4.94. The summed E-state index contributed by atoms with van der Waals surface area (Å²) in [5.74, 6) is 0. The van der Waals surface area contributed by atoms with E-state index in [-0.39, 0.29) is 18.8 Å². The minimum Gasteiger partial charge on any atom is -0.391 e. The molecule has 0 saturated heterocycles. The number of unbranched alkanes of at least 4 members (excludes halogenated alkanes) is 16. The Morgan fingerprint density at radius 3 is 1.11 bits per heavy atom. The van der Waals surface area contributed by atoms with E-state index < -0.39 is 12.2 Å². The number of hydrogen-bond donors (Lipinski definition) is 3. The summed E-state index contributed by atoms with van der Waals surface area (Å²) in [6, 6.07) is 0. The summed E-state index contributed by atoms with van der Waals surface area (Å²) >= 11 is 0. The number of rotatable bonds is 36. The van der Waals surface area contributed by atoms with Gasteiger partial charge in [0.05, 0.1) is 51.3 Å². The summed E-state index contributed by atoms with van der Waals surface area (Å²) < 4.78 is 13.5. The molecule has 6 heteroatoms. The second-order valence-electron chi connectivity index (χ2n) is 14.3. The highest BCUT2D eigenvalue weighted by atomic mass is 16.5. The molecule has 4 atom stereocenters. The summed E-state index contributed by atoms with van der Waals surface area (Å²) in [7, 11) is 2.18. The van der Waals surface area contributed by atoms with Gasteiger partial charge in [-0.1, -0.05) is 156 Å². The lowest BCUT2D eigenvalue weighted by Gasteiger charge is -2.35. The Morgan fingerprint density at radius 2 is 0.756 bits per heavy atom. The smallest absolute Gasteiger partial charge is 0.102 e. The van der Waals surface area contributed by atoms with Crippen molar-refractivity contribution in [2.45, 2.75) is 206 Å².